The first kappa shape index (κ1) is 16.2. The molecule has 0 radical (unpaired) electrons. The number of halogens is 1. The van der Waals surface area contributed by atoms with Crippen LogP contribution in [0.25, 0.3) is 0 Å². The molecule has 1 aromatic rings. The Bertz CT molecular complexity index is 80.8. The van der Waals surface area contributed by atoms with Crippen molar-refractivity contribution in [1.29, 1.82) is 0 Å². The van der Waals surface area contributed by atoms with E-state index in [1.54, 1.807) is 0 Å². The predicted octanol–water partition coefficient (Wildman–Crippen LogP) is 2.51. The van der Waals surface area contributed by atoms with Crippen LogP contribution in [0.15, 0.2) is 30.3 Å². The van der Waals surface area contributed by atoms with Crippen LogP contribution >= 0.6 is 17.0 Å². The Morgan fingerprint density at radius 3 is 1.44 bits per heavy atom. The van der Waals surface area contributed by atoms with E-state index < -0.39 is 0 Å². The molecule has 0 amide bonds. The molecule has 9 heavy (non-hydrogen) atoms. The van der Waals surface area contributed by atoms with Crippen molar-refractivity contribution in [2.45, 2.75) is 0 Å². The third kappa shape index (κ3) is 8.32. The van der Waals surface area contributed by atoms with Gasteiger partial charge in [0.2, 0.25) is 0 Å². The average Bonchev–Trinajstić information content (AvgIpc) is 1.72. The third-order valence-corrected chi connectivity index (χ3v) is 0.607. The van der Waals surface area contributed by atoms with Gasteiger partial charge in [0.05, 0.1) is 0 Å². The van der Waals surface area contributed by atoms with Gasteiger partial charge in [-0.15, -0.1) is 17.0 Å². The summed E-state index contributed by atoms with van der Waals surface area (Å²) in [7, 11) is 0. The molecule has 0 heterocycles. The van der Waals surface area contributed by atoms with Gasteiger partial charge >= 0.3 is 19.5 Å². The van der Waals surface area contributed by atoms with E-state index in [0.29, 0.717) is 0 Å². The molecule has 0 nitrogen and oxygen atoms in total. The Morgan fingerprint density at radius 2 is 1.33 bits per heavy atom. The first-order valence-corrected chi connectivity index (χ1v) is 1.91. The van der Waals surface area contributed by atoms with Crippen LogP contribution in [0.1, 0.15) is 0 Å². The van der Waals surface area contributed by atoms with Crippen LogP contribution in [0, 0.1) is 13.5 Å². The molecule has 0 unspecified atom stereocenters. The fourth-order valence-electron chi connectivity index (χ4n) is 0.342. The van der Waals surface area contributed by atoms with Crippen LogP contribution in [0.5, 0.6) is 0 Å². The zero-order chi connectivity index (χ0) is 4.24. The van der Waals surface area contributed by atoms with Crippen molar-refractivity contribution in [3.05, 3.63) is 43.8 Å². The van der Waals surface area contributed by atoms with Crippen molar-refractivity contribution in [3.8, 4) is 0 Å². The van der Waals surface area contributed by atoms with Gasteiger partial charge in [0.25, 0.3) is 0 Å². The van der Waals surface area contributed by atoms with Gasteiger partial charge in [0.1, 0.15) is 0 Å². The molecule has 0 aromatic heterocycles. The summed E-state index contributed by atoms with van der Waals surface area (Å²) < 4.78 is 0. The van der Waals surface area contributed by atoms with Gasteiger partial charge in [-0.2, -0.15) is 36.4 Å². The van der Waals surface area contributed by atoms with Gasteiger partial charge in [-0.3, -0.25) is 0 Å². The van der Waals surface area contributed by atoms with E-state index in [0.717, 1.165) is 0 Å². The molecule has 0 bridgehead atoms. The van der Waals surface area contributed by atoms with Crippen molar-refractivity contribution < 1.29 is 19.5 Å². The van der Waals surface area contributed by atoms with E-state index in [1.807, 2.05) is 30.3 Å². The second-order valence-corrected chi connectivity index (χ2v) is 1.08. The van der Waals surface area contributed by atoms with Crippen LogP contribution in [0.3, 0.4) is 0 Å². The monoisotopic (exact) mass is 236 g/mol. The molecular weight excluding hydrogens is 229 g/mol. The fraction of sp³-hybridized carbons (Fsp3) is 0. The van der Waals surface area contributed by atoms with E-state index >= 15 is 0 Å². The Labute approximate surface area is 80.2 Å². The molecule has 0 aliphatic carbocycles. The molecule has 0 aliphatic heterocycles. The summed E-state index contributed by atoms with van der Waals surface area (Å²) in [6.07, 6.45) is 0. The normalized spacial score (nSPS) is 5.33. The van der Waals surface area contributed by atoms with Crippen molar-refractivity contribution in [2.75, 3.05) is 0 Å². The van der Waals surface area contributed by atoms with E-state index in [-0.39, 0.29) is 43.9 Å². The molecule has 0 atom stereocenters. The van der Waals surface area contributed by atoms with E-state index in [1.165, 1.54) is 0 Å². The van der Waals surface area contributed by atoms with E-state index in [2.05, 4.69) is 6.07 Å². The van der Waals surface area contributed by atoms with Crippen molar-refractivity contribution >= 4 is 17.0 Å². The van der Waals surface area contributed by atoms with E-state index in [4.69, 9.17) is 0 Å². The summed E-state index contributed by atoms with van der Waals surface area (Å²) in [5.74, 6) is 0. The Balaban J connectivity index is -0.000000120. The summed E-state index contributed by atoms with van der Waals surface area (Å²) >= 11 is 0. The summed E-state index contributed by atoms with van der Waals surface area (Å²) in [5.41, 5.74) is 0. The molecule has 46 valence electrons. The van der Waals surface area contributed by atoms with Gasteiger partial charge in [-0.1, -0.05) is 0 Å². The third-order valence-electron chi connectivity index (χ3n) is 0.607. The second-order valence-electron chi connectivity index (χ2n) is 1.08. The fourth-order valence-corrected chi connectivity index (χ4v) is 0.342. The van der Waals surface area contributed by atoms with Gasteiger partial charge in [-0.05, 0) is 0 Å². The zero-order valence-corrected chi connectivity index (χ0v) is 10.2. The predicted molar refractivity (Wildman–Crippen MR) is 42.0 cm³/mol. The van der Waals surface area contributed by atoms with Gasteiger partial charge in [0.15, 0.2) is 0 Å². The van der Waals surface area contributed by atoms with Gasteiger partial charge in [-0.25, -0.2) is 0 Å². The quantitative estimate of drug-likeness (QED) is 0.481. The summed E-state index contributed by atoms with van der Waals surface area (Å²) in [4.78, 5) is 0. The molecule has 1 rings (SSSR count). The first-order valence-electron chi connectivity index (χ1n) is 1.91. The van der Waals surface area contributed by atoms with Crippen LogP contribution in [0.2, 0.25) is 0 Å². The summed E-state index contributed by atoms with van der Waals surface area (Å²) in [6.45, 7) is 0. The molecule has 0 spiro atoms. The van der Waals surface area contributed by atoms with Crippen molar-refractivity contribution in [1.82, 2.24) is 0 Å². The minimum absolute atomic E-state index is 0. The number of hydrogen-bond acceptors (Lipinski definition) is 0. The maximum Gasteiger partial charge on any atom is 2.00 e. The number of benzene rings is 1. The smallest absolute Gasteiger partial charge is 0.358 e. The maximum absolute atomic E-state index is 2.89. The zero-order valence-electron chi connectivity index (χ0n) is 5.50. The molecule has 2 heteroatoms. The van der Waals surface area contributed by atoms with Crippen molar-refractivity contribution in [2.24, 2.45) is 0 Å². The number of rotatable bonds is 0. The summed E-state index contributed by atoms with van der Waals surface area (Å²) in [5, 5.41) is 0. The Morgan fingerprint density at radius 1 is 0.889 bits per heavy atom. The standard InChI is InChI=1S/C6H5.CH3.BrH.Zn/c1-2-4-6-5-3-1;;;/h1-5H;1H3;1H;/q2*-1;;+2. The molecule has 0 fully saturated rings. The number of hydrogen-bond donors (Lipinski definition) is 0. The van der Waals surface area contributed by atoms with Gasteiger partial charge in [0, 0.05) is 0 Å². The maximum atomic E-state index is 2.89. The van der Waals surface area contributed by atoms with Crippen LogP contribution < -0.4 is 0 Å². The molecule has 0 saturated heterocycles. The topological polar surface area (TPSA) is 0 Å². The SMILES string of the molecule is Br.[CH3-].[Zn+2].[c-]1ccccc1. The van der Waals surface area contributed by atoms with Crippen molar-refractivity contribution in [3.63, 3.8) is 0 Å². The Kier molecular flexibility index (Phi) is 20.0. The van der Waals surface area contributed by atoms with Crippen LogP contribution in [0.4, 0.5) is 0 Å². The van der Waals surface area contributed by atoms with Crippen LogP contribution in [-0.4, -0.2) is 0 Å². The Hall–Kier alpha value is 0.323. The average molecular weight is 238 g/mol. The first-order chi connectivity index (χ1) is 3.00. The molecule has 1 aromatic carbocycles. The van der Waals surface area contributed by atoms with E-state index in [9.17, 15) is 0 Å². The summed E-state index contributed by atoms with van der Waals surface area (Å²) in [6, 6.07) is 12.5. The minimum Gasteiger partial charge on any atom is -0.358 e. The molecule has 0 aliphatic rings. The molecule has 0 saturated carbocycles. The molecule has 0 N–H and O–H groups in total. The second kappa shape index (κ2) is 11.2. The van der Waals surface area contributed by atoms with Crippen LogP contribution in [-0.2, 0) is 19.5 Å². The largest absolute Gasteiger partial charge is 2.00 e. The van der Waals surface area contributed by atoms with Gasteiger partial charge < -0.3 is 7.43 Å². The molecular formula is C7H9BrZn. The minimum atomic E-state index is 0.